The van der Waals surface area contributed by atoms with Gasteiger partial charge in [-0.1, -0.05) is 48.2 Å². The van der Waals surface area contributed by atoms with Gasteiger partial charge in [-0.25, -0.2) is 0 Å². The Morgan fingerprint density at radius 2 is 1.80 bits per heavy atom. The highest BCUT2D eigenvalue weighted by molar-refractivity contribution is 8.27. The van der Waals surface area contributed by atoms with E-state index in [-0.39, 0.29) is 17.2 Å². The third-order valence-electron chi connectivity index (χ3n) is 3.82. The molecule has 3 N–H and O–H groups in total. The van der Waals surface area contributed by atoms with E-state index in [1.165, 1.54) is 16.7 Å². The molecular weight excluding hydrogens is 356 g/mol. The Bertz CT molecular complexity index is 920. The number of nitrogens with two attached hydrogens (primary N) is 1. The lowest BCUT2D eigenvalue weighted by molar-refractivity contribution is -0.113. The molecule has 0 radical (unpaired) electrons. The number of carbonyl (C=O) groups is 2. The maximum atomic E-state index is 12.9. The number of anilines is 1. The summed E-state index contributed by atoms with van der Waals surface area (Å²) in [5.41, 5.74) is 7.58. The van der Waals surface area contributed by atoms with Gasteiger partial charge in [0.15, 0.2) is 4.32 Å². The van der Waals surface area contributed by atoms with Crippen LogP contribution in [0, 0.1) is 0 Å². The first-order chi connectivity index (χ1) is 11.9. The SMILES string of the molecule is C/C(=C1/SC(=S)N(c2ccccc2C(N)=O)C1=O)c1ccc(O)cc1. The minimum absolute atomic E-state index is 0.152. The molecule has 0 bridgehead atoms. The van der Waals surface area contributed by atoms with Crippen molar-refractivity contribution in [2.24, 2.45) is 5.73 Å². The number of phenols is 1. The molecule has 2 amide bonds. The van der Waals surface area contributed by atoms with Crippen molar-refractivity contribution in [1.82, 2.24) is 0 Å². The first kappa shape index (κ1) is 17.2. The number of carbonyl (C=O) groups excluding carboxylic acids is 2. The van der Waals surface area contributed by atoms with Gasteiger partial charge < -0.3 is 10.8 Å². The Labute approximate surface area is 154 Å². The summed E-state index contributed by atoms with van der Waals surface area (Å²) in [5, 5.41) is 9.41. The van der Waals surface area contributed by atoms with E-state index in [0.717, 1.165) is 11.1 Å². The summed E-state index contributed by atoms with van der Waals surface area (Å²) in [7, 11) is 0. The minimum atomic E-state index is -0.621. The second kappa shape index (κ2) is 6.70. The molecule has 126 valence electrons. The van der Waals surface area contributed by atoms with E-state index < -0.39 is 5.91 Å². The van der Waals surface area contributed by atoms with Crippen LogP contribution in [-0.4, -0.2) is 21.2 Å². The molecule has 5 nitrogen and oxygen atoms in total. The lowest BCUT2D eigenvalue weighted by Crippen LogP contribution is -2.30. The van der Waals surface area contributed by atoms with Gasteiger partial charge in [-0.15, -0.1) is 0 Å². The maximum absolute atomic E-state index is 12.9. The second-order valence-corrected chi connectivity index (χ2v) is 7.04. The molecule has 0 saturated carbocycles. The van der Waals surface area contributed by atoms with Crippen LogP contribution < -0.4 is 10.6 Å². The van der Waals surface area contributed by atoms with E-state index in [1.807, 2.05) is 6.92 Å². The maximum Gasteiger partial charge on any atom is 0.271 e. The van der Waals surface area contributed by atoms with E-state index >= 15 is 0 Å². The fourth-order valence-corrected chi connectivity index (χ4v) is 3.85. The van der Waals surface area contributed by atoms with Gasteiger partial charge in [-0.05, 0) is 42.3 Å². The summed E-state index contributed by atoms with van der Waals surface area (Å²) in [6.45, 7) is 1.82. The van der Waals surface area contributed by atoms with Crippen molar-refractivity contribution in [2.45, 2.75) is 6.92 Å². The van der Waals surface area contributed by atoms with Gasteiger partial charge in [-0.2, -0.15) is 0 Å². The summed E-state index contributed by atoms with van der Waals surface area (Å²) in [4.78, 5) is 26.4. The van der Waals surface area contributed by atoms with Crippen molar-refractivity contribution in [3.8, 4) is 5.75 Å². The molecule has 0 spiro atoms. The number of phenolic OH excluding ortho intramolecular Hbond substituents is 1. The molecule has 1 fully saturated rings. The Balaban J connectivity index is 2.05. The molecular formula is C18H14N2O3S2. The van der Waals surface area contributed by atoms with Crippen LogP contribution in [0.25, 0.3) is 5.57 Å². The Kier molecular flexibility index (Phi) is 4.61. The number of thioether (sulfide) groups is 1. The van der Waals surface area contributed by atoms with Gasteiger partial charge in [0.25, 0.3) is 11.8 Å². The number of rotatable bonds is 3. The zero-order chi connectivity index (χ0) is 18.1. The van der Waals surface area contributed by atoms with Gasteiger partial charge >= 0.3 is 0 Å². The number of primary amides is 1. The Hall–Kier alpha value is -2.64. The molecule has 2 aromatic rings. The normalized spacial score (nSPS) is 16.3. The highest BCUT2D eigenvalue weighted by atomic mass is 32.2. The van der Waals surface area contributed by atoms with Crippen molar-refractivity contribution in [2.75, 3.05) is 4.90 Å². The molecule has 1 aliphatic rings. The van der Waals surface area contributed by atoms with Gasteiger partial charge in [0.05, 0.1) is 16.2 Å². The summed E-state index contributed by atoms with van der Waals surface area (Å²) in [5.74, 6) is -0.766. The van der Waals surface area contributed by atoms with Crippen LogP contribution in [0.4, 0.5) is 5.69 Å². The largest absolute Gasteiger partial charge is 0.508 e. The molecule has 0 atom stereocenters. The summed E-state index contributed by atoms with van der Waals surface area (Å²) in [6.07, 6.45) is 0. The van der Waals surface area contributed by atoms with Crippen molar-refractivity contribution >= 4 is 51.4 Å². The molecule has 0 unspecified atom stereocenters. The van der Waals surface area contributed by atoms with Gasteiger partial charge in [0.1, 0.15) is 5.75 Å². The van der Waals surface area contributed by atoms with Crippen molar-refractivity contribution in [1.29, 1.82) is 0 Å². The predicted molar refractivity (Wildman–Crippen MR) is 103 cm³/mol. The number of para-hydroxylation sites is 1. The molecule has 3 rings (SSSR count). The van der Waals surface area contributed by atoms with Gasteiger partial charge in [0.2, 0.25) is 0 Å². The van der Waals surface area contributed by atoms with Crippen molar-refractivity contribution in [3.05, 3.63) is 64.6 Å². The van der Waals surface area contributed by atoms with E-state index in [2.05, 4.69) is 0 Å². The standard InChI is InChI=1S/C18H14N2O3S2/c1-10(11-6-8-12(21)9-7-11)15-17(23)20(18(24)25-15)14-5-3-2-4-13(14)16(19)22/h2-9,21H,1H3,(H2,19,22)/b15-10-. The van der Waals surface area contributed by atoms with Crippen LogP contribution in [0.5, 0.6) is 5.75 Å². The van der Waals surface area contributed by atoms with Gasteiger partial charge in [-0.3, -0.25) is 14.5 Å². The van der Waals surface area contributed by atoms with E-state index in [9.17, 15) is 14.7 Å². The monoisotopic (exact) mass is 370 g/mol. The summed E-state index contributed by atoms with van der Waals surface area (Å²) in [6, 6.07) is 13.2. The number of allylic oxidation sites excluding steroid dienone is 1. The van der Waals surface area contributed by atoms with Crippen LogP contribution in [-0.2, 0) is 4.79 Å². The van der Waals surface area contributed by atoms with Gasteiger partial charge in [0, 0.05) is 0 Å². The smallest absolute Gasteiger partial charge is 0.271 e. The number of hydrogen-bond donors (Lipinski definition) is 2. The van der Waals surface area contributed by atoms with Crippen molar-refractivity contribution in [3.63, 3.8) is 0 Å². The third-order valence-corrected chi connectivity index (χ3v) is 5.30. The molecule has 25 heavy (non-hydrogen) atoms. The first-order valence-corrected chi connectivity index (χ1v) is 8.58. The third kappa shape index (κ3) is 3.16. The fourth-order valence-electron chi connectivity index (χ4n) is 2.53. The lowest BCUT2D eigenvalue weighted by Gasteiger charge is -2.17. The van der Waals surface area contributed by atoms with Crippen LogP contribution in [0.3, 0.4) is 0 Å². The number of amides is 2. The predicted octanol–water partition coefficient (Wildman–Crippen LogP) is 3.29. The first-order valence-electron chi connectivity index (χ1n) is 7.35. The Morgan fingerprint density at radius 1 is 1.16 bits per heavy atom. The van der Waals surface area contributed by atoms with Crippen LogP contribution in [0.1, 0.15) is 22.8 Å². The number of nitrogens with zero attached hydrogens (tertiary/aromatic N) is 1. The molecule has 0 aromatic heterocycles. The molecule has 0 aliphatic carbocycles. The summed E-state index contributed by atoms with van der Waals surface area (Å²) >= 11 is 6.53. The molecule has 1 saturated heterocycles. The minimum Gasteiger partial charge on any atom is -0.508 e. The van der Waals surface area contributed by atoms with Crippen LogP contribution in [0.2, 0.25) is 0 Å². The van der Waals surface area contributed by atoms with Crippen LogP contribution in [0.15, 0.2) is 53.4 Å². The second-order valence-electron chi connectivity index (χ2n) is 5.39. The molecule has 7 heteroatoms. The number of benzene rings is 2. The van der Waals surface area contributed by atoms with E-state index in [4.69, 9.17) is 18.0 Å². The highest BCUT2D eigenvalue weighted by Gasteiger charge is 2.36. The zero-order valence-electron chi connectivity index (χ0n) is 13.2. The molecule has 1 aliphatic heterocycles. The number of hydrogen-bond acceptors (Lipinski definition) is 5. The van der Waals surface area contributed by atoms with E-state index in [1.54, 1.807) is 48.5 Å². The van der Waals surface area contributed by atoms with Crippen LogP contribution >= 0.6 is 24.0 Å². The lowest BCUT2D eigenvalue weighted by atomic mass is 10.1. The quantitative estimate of drug-likeness (QED) is 0.640. The summed E-state index contributed by atoms with van der Waals surface area (Å²) < 4.78 is 0.340. The molecule has 2 aromatic carbocycles. The molecule has 1 heterocycles. The average molecular weight is 370 g/mol. The van der Waals surface area contributed by atoms with E-state index in [0.29, 0.717) is 14.9 Å². The topological polar surface area (TPSA) is 83.6 Å². The average Bonchev–Trinajstić information content (AvgIpc) is 2.89. The number of thiocarbonyl (C=S) groups is 1. The number of aromatic hydroxyl groups is 1. The zero-order valence-corrected chi connectivity index (χ0v) is 14.9. The highest BCUT2D eigenvalue weighted by Crippen LogP contribution is 2.40. The van der Waals surface area contributed by atoms with Crippen molar-refractivity contribution < 1.29 is 14.7 Å². The Morgan fingerprint density at radius 3 is 2.44 bits per heavy atom. The fraction of sp³-hybridized carbons (Fsp3) is 0.0556.